The van der Waals surface area contributed by atoms with Crippen molar-refractivity contribution in [1.29, 1.82) is 0 Å². The molecule has 6 N–H and O–H groups in total. The Hall–Kier alpha value is -1.07. The fourth-order valence-corrected chi connectivity index (χ4v) is 6.15. The highest BCUT2D eigenvalue weighted by Gasteiger charge is 2.44. The molecule has 1 rings (SSSR count). The number of aliphatic hydroxyl groups is 5. The standard InChI is InChI=1S/C38H73NO8/c1-3-5-7-9-11-13-14-15-16-17-18-20-21-23-25-27-32(41)31(30-46-38-37(45)36(44)35(43)33(29-40)47-38)39-34(42)28-26-24-22-19-12-10-8-6-4-2/h18,20,31-33,35-38,40-41,43-45H,3-17,19,21-30H2,1-2H3,(H,39,42)/b20-18+/t31-,32+,33+,35+,36?,37?,38+/m0/s1. The molecule has 0 aliphatic carbocycles. The highest BCUT2D eigenvalue weighted by Crippen LogP contribution is 2.23. The molecular formula is C38H73NO8. The predicted molar refractivity (Wildman–Crippen MR) is 189 cm³/mol. The Kier molecular flexibility index (Phi) is 27.9. The van der Waals surface area contributed by atoms with Gasteiger partial charge in [0.05, 0.1) is 25.4 Å². The number of hydrogen-bond acceptors (Lipinski definition) is 8. The third-order valence-corrected chi connectivity index (χ3v) is 9.37. The Labute approximate surface area is 286 Å². The maximum atomic E-state index is 12.8. The quantitative estimate of drug-likeness (QED) is 0.0357. The van der Waals surface area contributed by atoms with Crippen LogP contribution < -0.4 is 5.32 Å². The van der Waals surface area contributed by atoms with Crippen molar-refractivity contribution in [3.8, 4) is 0 Å². The van der Waals surface area contributed by atoms with Gasteiger partial charge in [-0.05, 0) is 38.5 Å². The molecule has 1 heterocycles. The van der Waals surface area contributed by atoms with Gasteiger partial charge >= 0.3 is 0 Å². The van der Waals surface area contributed by atoms with E-state index in [1.54, 1.807) is 0 Å². The zero-order chi connectivity index (χ0) is 34.5. The molecule has 0 aromatic carbocycles. The molecule has 0 aromatic rings. The molecule has 278 valence electrons. The van der Waals surface area contributed by atoms with Gasteiger partial charge in [0.2, 0.25) is 5.91 Å². The maximum Gasteiger partial charge on any atom is 0.220 e. The van der Waals surface area contributed by atoms with E-state index in [9.17, 15) is 30.3 Å². The van der Waals surface area contributed by atoms with E-state index in [1.165, 1.54) is 96.3 Å². The lowest BCUT2D eigenvalue weighted by atomic mass is 9.99. The first-order chi connectivity index (χ1) is 22.8. The van der Waals surface area contributed by atoms with Crippen molar-refractivity contribution in [3.05, 3.63) is 12.2 Å². The summed E-state index contributed by atoms with van der Waals surface area (Å²) in [6.07, 6.45) is 23.7. The van der Waals surface area contributed by atoms with Gasteiger partial charge in [-0.15, -0.1) is 0 Å². The average molecular weight is 672 g/mol. The fourth-order valence-electron chi connectivity index (χ4n) is 6.15. The van der Waals surface area contributed by atoms with Crippen LogP contribution >= 0.6 is 0 Å². The van der Waals surface area contributed by atoms with Gasteiger partial charge in [-0.25, -0.2) is 0 Å². The monoisotopic (exact) mass is 672 g/mol. The Bertz CT molecular complexity index is 751. The first-order valence-corrected chi connectivity index (χ1v) is 19.4. The Morgan fingerprint density at radius 3 is 1.72 bits per heavy atom. The van der Waals surface area contributed by atoms with Crippen LogP contribution in [-0.4, -0.2) is 87.5 Å². The SMILES string of the molecule is CCCCCCCCCCC/C=C/CCCC[C@@H](O)[C@H](CO[C@@H]1O[C@H](CO)[C@@H](O)C(O)C1O)NC(=O)CCCCCCCCCCC. The van der Waals surface area contributed by atoms with Crippen LogP contribution in [0.3, 0.4) is 0 Å². The van der Waals surface area contributed by atoms with Crippen molar-refractivity contribution in [2.75, 3.05) is 13.2 Å². The summed E-state index contributed by atoms with van der Waals surface area (Å²) in [5, 5.41) is 54.0. The highest BCUT2D eigenvalue weighted by molar-refractivity contribution is 5.76. The lowest BCUT2D eigenvalue weighted by Crippen LogP contribution is -2.60. The van der Waals surface area contributed by atoms with E-state index in [0.29, 0.717) is 12.8 Å². The number of unbranched alkanes of at least 4 members (excludes halogenated alkanes) is 19. The summed E-state index contributed by atoms with van der Waals surface area (Å²) in [6, 6.07) is -0.726. The molecular weight excluding hydrogens is 598 g/mol. The summed E-state index contributed by atoms with van der Waals surface area (Å²) >= 11 is 0. The predicted octanol–water partition coefficient (Wildman–Crippen LogP) is 6.61. The minimum absolute atomic E-state index is 0.147. The molecule has 1 aliphatic rings. The van der Waals surface area contributed by atoms with Crippen molar-refractivity contribution < 1.29 is 39.8 Å². The third kappa shape index (κ3) is 21.6. The number of allylic oxidation sites excluding steroid dienone is 2. The lowest BCUT2D eigenvalue weighted by molar-refractivity contribution is -0.302. The fraction of sp³-hybridized carbons (Fsp3) is 0.921. The Morgan fingerprint density at radius 1 is 0.702 bits per heavy atom. The molecule has 0 spiro atoms. The van der Waals surface area contributed by atoms with Crippen molar-refractivity contribution in [1.82, 2.24) is 5.32 Å². The van der Waals surface area contributed by atoms with E-state index >= 15 is 0 Å². The molecule has 0 bridgehead atoms. The summed E-state index contributed by atoms with van der Waals surface area (Å²) in [4.78, 5) is 12.8. The molecule has 7 atom stereocenters. The van der Waals surface area contributed by atoms with Crippen LogP contribution in [0.1, 0.15) is 168 Å². The molecule has 0 aromatic heterocycles. The first-order valence-electron chi connectivity index (χ1n) is 19.4. The van der Waals surface area contributed by atoms with Gasteiger partial charge in [0, 0.05) is 6.42 Å². The Morgan fingerprint density at radius 2 is 1.19 bits per heavy atom. The largest absolute Gasteiger partial charge is 0.394 e. The molecule has 9 nitrogen and oxygen atoms in total. The van der Waals surface area contributed by atoms with Crippen LogP contribution in [0.25, 0.3) is 0 Å². The number of nitrogens with one attached hydrogen (secondary N) is 1. The maximum absolute atomic E-state index is 12.8. The minimum atomic E-state index is -1.55. The van der Waals surface area contributed by atoms with Crippen LogP contribution in [0.15, 0.2) is 12.2 Å². The first kappa shape index (κ1) is 44.0. The van der Waals surface area contributed by atoms with Crippen LogP contribution in [0.4, 0.5) is 0 Å². The van der Waals surface area contributed by atoms with E-state index in [0.717, 1.165) is 44.9 Å². The molecule has 2 unspecified atom stereocenters. The molecule has 0 saturated carbocycles. The molecule has 9 heteroatoms. The lowest BCUT2D eigenvalue weighted by Gasteiger charge is -2.40. The molecule has 1 fully saturated rings. The van der Waals surface area contributed by atoms with E-state index in [2.05, 4.69) is 31.3 Å². The molecule has 1 aliphatic heterocycles. The van der Waals surface area contributed by atoms with Gasteiger partial charge in [-0.2, -0.15) is 0 Å². The summed E-state index contributed by atoms with van der Waals surface area (Å²) in [5.74, 6) is -0.158. The number of amides is 1. The molecule has 1 saturated heterocycles. The van der Waals surface area contributed by atoms with Crippen LogP contribution in [0, 0.1) is 0 Å². The van der Waals surface area contributed by atoms with E-state index in [4.69, 9.17) is 9.47 Å². The van der Waals surface area contributed by atoms with Gasteiger partial charge in [0.15, 0.2) is 6.29 Å². The second-order valence-electron chi connectivity index (χ2n) is 13.7. The molecule has 47 heavy (non-hydrogen) atoms. The summed E-state index contributed by atoms with van der Waals surface area (Å²) in [6.45, 7) is 3.77. The number of ether oxygens (including phenoxy) is 2. The second-order valence-corrected chi connectivity index (χ2v) is 13.7. The number of carbonyl (C=O) groups excluding carboxylic acids is 1. The summed E-state index contributed by atoms with van der Waals surface area (Å²) in [7, 11) is 0. The van der Waals surface area contributed by atoms with Gasteiger partial charge in [0.1, 0.15) is 24.4 Å². The third-order valence-electron chi connectivity index (χ3n) is 9.37. The molecule has 0 radical (unpaired) electrons. The average Bonchev–Trinajstić information content (AvgIpc) is 3.07. The summed E-state index contributed by atoms with van der Waals surface area (Å²) in [5.41, 5.74) is 0. The van der Waals surface area contributed by atoms with Crippen molar-refractivity contribution >= 4 is 5.91 Å². The van der Waals surface area contributed by atoms with E-state index < -0.39 is 49.5 Å². The zero-order valence-electron chi connectivity index (χ0n) is 30.0. The van der Waals surface area contributed by atoms with Crippen molar-refractivity contribution in [2.45, 2.75) is 211 Å². The number of rotatable bonds is 31. The smallest absolute Gasteiger partial charge is 0.220 e. The summed E-state index contributed by atoms with van der Waals surface area (Å²) < 4.78 is 11.2. The number of carbonyl (C=O) groups is 1. The highest BCUT2D eigenvalue weighted by atomic mass is 16.7. The number of hydrogen-bond donors (Lipinski definition) is 6. The van der Waals surface area contributed by atoms with Crippen LogP contribution in [0.2, 0.25) is 0 Å². The van der Waals surface area contributed by atoms with Gasteiger partial charge < -0.3 is 40.3 Å². The van der Waals surface area contributed by atoms with E-state index in [1.807, 2.05) is 0 Å². The van der Waals surface area contributed by atoms with Gasteiger partial charge in [0.25, 0.3) is 0 Å². The minimum Gasteiger partial charge on any atom is -0.394 e. The molecule has 1 amide bonds. The van der Waals surface area contributed by atoms with Crippen LogP contribution in [-0.2, 0) is 14.3 Å². The Balaban J connectivity index is 2.43. The van der Waals surface area contributed by atoms with Crippen molar-refractivity contribution in [2.24, 2.45) is 0 Å². The van der Waals surface area contributed by atoms with E-state index in [-0.39, 0.29) is 12.5 Å². The van der Waals surface area contributed by atoms with Crippen LogP contribution in [0.5, 0.6) is 0 Å². The van der Waals surface area contributed by atoms with Crippen molar-refractivity contribution in [3.63, 3.8) is 0 Å². The zero-order valence-corrected chi connectivity index (χ0v) is 30.0. The van der Waals surface area contributed by atoms with Gasteiger partial charge in [-0.3, -0.25) is 4.79 Å². The second kappa shape index (κ2) is 29.8. The van der Waals surface area contributed by atoms with Gasteiger partial charge in [-0.1, -0.05) is 135 Å². The normalized spacial score (nSPS) is 22.9. The topological polar surface area (TPSA) is 149 Å². The number of aliphatic hydroxyl groups excluding tert-OH is 5.